The van der Waals surface area contributed by atoms with Crippen molar-refractivity contribution in [1.29, 1.82) is 0 Å². The van der Waals surface area contributed by atoms with E-state index in [9.17, 15) is 0 Å². The van der Waals surface area contributed by atoms with Gasteiger partial charge in [-0.3, -0.25) is 0 Å². The molecule has 0 heterocycles. The molecule has 0 unspecified atom stereocenters. The van der Waals surface area contributed by atoms with Crippen molar-refractivity contribution < 1.29 is 17.3 Å². The fourth-order valence-corrected chi connectivity index (χ4v) is 11.4. The van der Waals surface area contributed by atoms with Crippen LogP contribution < -0.4 is 17.0 Å². The molecule has 2 heteroatoms. The fraction of sp³-hybridized carbons (Fsp3) is 0.0968. The number of benzene rings is 4. The summed E-state index contributed by atoms with van der Waals surface area (Å²) >= 11 is -1.52. The molecule has 4 aromatic carbocycles. The first-order valence-electron chi connectivity index (χ1n) is 11.4. The molecule has 0 atom stereocenters. The molecule has 0 fully saturated rings. The molecule has 0 saturated carbocycles. The van der Waals surface area contributed by atoms with E-state index in [-0.39, 0.29) is 9.52 Å². The van der Waals surface area contributed by atoms with E-state index in [1.165, 1.54) is 23.9 Å². The zero-order chi connectivity index (χ0) is 22.9. The zero-order valence-corrected chi connectivity index (χ0v) is 23.0. The van der Waals surface area contributed by atoms with Crippen molar-refractivity contribution in [3.8, 4) is 0 Å². The molecule has 1 aliphatic rings. The molecule has 0 aromatic heterocycles. The van der Waals surface area contributed by atoms with E-state index in [0.29, 0.717) is 0 Å². The SMILES string of the molecule is CC1=CCC([SiH2]c2ccccc2)=C1C.c1cc[c]([Pt]([c]2ccccc2)[c]2ccccc2)cc1. The molecular formula is C31H31PtSi. The van der Waals surface area contributed by atoms with E-state index < -0.39 is 17.3 Å². The van der Waals surface area contributed by atoms with Gasteiger partial charge in [-0.15, -0.1) is 0 Å². The Labute approximate surface area is 207 Å². The van der Waals surface area contributed by atoms with Gasteiger partial charge >= 0.3 is 120 Å². The number of rotatable bonds is 5. The summed E-state index contributed by atoms with van der Waals surface area (Å²) in [4.78, 5) is 0. The van der Waals surface area contributed by atoms with E-state index in [4.69, 9.17) is 0 Å². The van der Waals surface area contributed by atoms with Gasteiger partial charge in [0, 0.05) is 0 Å². The van der Waals surface area contributed by atoms with Gasteiger partial charge in [0.25, 0.3) is 0 Å². The summed E-state index contributed by atoms with van der Waals surface area (Å²) in [5, 5.41) is 3.28. The molecular weight excluding hydrogens is 596 g/mol. The Hall–Kier alpha value is -2.73. The Morgan fingerprint density at radius 2 is 0.939 bits per heavy atom. The van der Waals surface area contributed by atoms with Gasteiger partial charge in [0.05, 0.1) is 9.52 Å². The van der Waals surface area contributed by atoms with Crippen molar-refractivity contribution in [2.45, 2.75) is 20.3 Å². The first-order chi connectivity index (χ1) is 16.2. The second-order valence-electron chi connectivity index (χ2n) is 8.00. The van der Waals surface area contributed by atoms with Crippen LogP contribution in [0.15, 0.2) is 144 Å². The van der Waals surface area contributed by atoms with Crippen LogP contribution in [0.4, 0.5) is 0 Å². The third kappa shape index (κ3) is 6.41. The van der Waals surface area contributed by atoms with Crippen LogP contribution in [0.2, 0.25) is 0 Å². The molecule has 0 spiro atoms. The number of hydrogen-bond acceptors (Lipinski definition) is 0. The van der Waals surface area contributed by atoms with Gasteiger partial charge < -0.3 is 0 Å². The fourth-order valence-electron chi connectivity index (χ4n) is 3.75. The van der Waals surface area contributed by atoms with Crippen molar-refractivity contribution >= 4 is 26.6 Å². The Morgan fingerprint density at radius 1 is 0.545 bits per heavy atom. The normalized spacial score (nSPS) is 13.5. The molecule has 5 rings (SSSR count). The second kappa shape index (κ2) is 11.9. The quantitative estimate of drug-likeness (QED) is 0.282. The van der Waals surface area contributed by atoms with Crippen LogP contribution in [0.25, 0.3) is 0 Å². The van der Waals surface area contributed by atoms with Crippen molar-refractivity contribution in [3.05, 3.63) is 144 Å². The van der Waals surface area contributed by atoms with Gasteiger partial charge in [0.15, 0.2) is 0 Å². The Morgan fingerprint density at radius 3 is 1.30 bits per heavy atom. The van der Waals surface area contributed by atoms with Gasteiger partial charge in [0.1, 0.15) is 0 Å². The van der Waals surface area contributed by atoms with Crippen LogP contribution >= 0.6 is 0 Å². The van der Waals surface area contributed by atoms with Crippen LogP contribution in [-0.4, -0.2) is 9.52 Å². The minimum absolute atomic E-state index is 0.187. The van der Waals surface area contributed by atoms with Gasteiger partial charge in [-0.25, -0.2) is 0 Å². The molecule has 0 nitrogen and oxygen atoms in total. The van der Waals surface area contributed by atoms with E-state index in [0.717, 1.165) is 0 Å². The topological polar surface area (TPSA) is 0 Å². The van der Waals surface area contributed by atoms with E-state index in [1.807, 2.05) is 0 Å². The summed E-state index contributed by atoms with van der Waals surface area (Å²) in [6.07, 6.45) is 3.57. The van der Waals surface area contributed by atoms with Crippen LogP contribution in [-0.2, 0) is 17.3 Å². The predicted octanol–water partition coefficient (Wildman–Crippen LogP) is 4.69. The number of hydrogen-bond donors (Lipinski definition) is 0. The third-order valence-corrected chi connectivity index (χ3v) is 14.1. The zero-order valence-electron chi connectivity index (χ0n) is 19.4. The molecule has 0 N–H and O–H groups in total. The summed E-state index contributed by atoms with van der Waals surface area (Å²) in [5.41, 5.74) is 3.05. The maximum absolute atomic E-state index is 2.36. The molecule has 0 bridgehead atoms. The second-order valence-corrected chi connectivity index (χ2v) is 15.7. The van der Waals surface area contributed by atoms with Crippen molar-refractivity contribution in [1.82, 2.24) is 0 Å². The number of allylic oxidation sites excluding steroid dienone is 4. The summed E-state index contributed by atoms with van der Waals surface area (Å²) < 4.78 is 4.47. The minimum atomic E-state index is -1.52. The summed E-state index contributed by atoms with van der Waals surface area (Å²) in [6, 6.07) is 43.7. The van der Waals surface area contributed by atoms with Crippen LogP contribution in [0.3, 0.4) is 0 Å². The predicted molar refractivity (Wildman–Crippen MR) is 144 cm³/mol. The van der Waals surface area contributed by atoms with Crippen LogP contribution in [0, 0.1) is 0 Å². The molecule has 0 amide bonds. The van der Waals surface area contributed by atoms with Gasteiger partial charge in [-0.2, -0.15) is 0 Å². The molecule has 1 aliphatic carbocycles. The van der Waals surface area contributed by atoms with E-state index in [2.05, 4.69) is 141 Å². The standard InChI is InChI=1S/C13H16Si.3C6H5.Pt/c1-10-8-9-13(11(10)2)14-12-6-4-3-5-7-12;3*1-2-4-6-5-3-1;/h3-8H,9,14H2,1-2H3;3*1-5H;. The third-order valence-electron chi connectivity index (χ3n) is 5.72. The molecule has 4 aromatic rings. The summed E-state index contributed by atoms with van der Waals surface area (Å²) in [7, 11) is -0.187. The van der Waals surface area contributed by atoms with Crippen molar-refractivity contribution in [2.24, 2.45) is 0 Å². The van der Waals surface area contributed by atoms with Crippen LogP contribution in [0.5, 0.6) is 0 Å². The summed E-state index contributed by atoms with van der Waals surface area (Å²) in [5.74, 6) is 0. The van der Waals surface area contributed by atoms with E-state index >= 15 is 0 Å². The van der Waals surface area contributed by atoms with Gasteiger partial charge in [-0.05, 0) is 20.3 Å². The average molecular weight is 627 g/mol. The molecule has 0 radical (unpaired) electrons. The maximum atomic E-state index is 2.36. The first-order valence-corrected chi connectivity index (χ1v) is 16.2. The Bertz CT molecular complexity index is 1100. The average Bonchev–Trinajstić information content (AvgIpc) is 3.19. The Balaban J connectivity index is 0.000000165. The van der Waals surface area contributed by atoms with Gasteiger partial charge in [0.2, 0.25) is 0 Å². The molecule has 33 heavy (non-hydrogen) atoms. The van der Waals surface area contributed by atoms with Gasteiger partial charge in [-0.1, -0.05) is 57.9 Å². The van der Waals surface area contributed by atoms with E-state index in [1.54, 1.807) is 16.0 Å². The molecule has 169 valence electrons. The van der Waals surface area contributed by atoms with Crippen molar-refractivity contribution in [2.75, 3.05) is 0 Å². The van der Waals surface area contributed by atoms with Crippen molar-refractivity contribution in [3.63, 3.8) is 0 Å². The Kier molecular flexibility index (Phi) is 8.47. The first kappa shape index (κ1) is 23.4. The molecule has 0 aliphatic heterocycles. The van der Waals surface area contributed by atoms with Crippen LogP contribution in [0.1, 0.15) is 20.3 Å². The monoisotopic (exact) mass is 626 g/mol. The summed E-state index contributed by atoms with van der Waals surface area (Å²) in [6.45, 7) is 4.49. The molecule has 0 saturated heterocycles.